The molecule has 1 aliphatic rings. The zero-order valence-corrected chi connectivity index (χ0v) is 10.8. The minimum Gasteiger partial charge on any atom is -0.375 e. The van der Waals surface area contributed by atoms with Crippen molar-refractivity contribution in [3.63, 3.8) is 0 Å². The van der Waals surface area contributed by atoms with Gasteiger partial charge in [0.2, 0.25) is 0 Å². The zero-order valence-electron chi connectivity index (χ0n) is 10.8. The Labute approximate surface area is 119 Å². The summed E-state index contributed by atoms with van der Waals surface area (Å²) in [6, 6.07) is 6.58. The smallest absolute Gasteiger partial charge is 0.261 e. The van der Waals surface area contributed by atoms with Gasteiger partial charge in [-0.2, -0.15) is 0 Å². The van der Waals surface area contributed by atoms with E-state index in [1.54, 1.807) is 0 Å². The monoisotopic (exact) mass is 286 g/mol. The number of pyridine rings is 1. The number of anilines is 1. The Kier molecular flexibility index (Phi) is 3.03. The number of hydrogen-bond acceptors (Lipinski definition) is 4. The minimum atomic E-state index is -2.06. The second-order valence-electron chi connectivity index (χ2n) is 4.84. The molecule has 1 atom stereocenters. The molecular weight excluding hydrogens is 275 g/mol. The summed E-state index contributed by atoms with van der Waals surface area (Å²) < 4.78 is 13.3. The molecule has 2 N–H and O–H groups in total. The van der Waals surface area contributed by atoms with Crippen molar-refractivity contribution in [3.05, 3.63) is 59.7 Å². The third-order valence-electron chi connectivity index (χ3n) is 3.47. The first kappa shape index (κ1) is 13.4. The van der Waals surface area contributed by atoms with Crippen LogP contribution >= 0.6 is 0 Å². The van der Waals surface area contributed by atoms with Crippen LogP contribution in [0.25, 0.3) is 0 Å². The fraction of sp³-hybridized carbons (Fsp3) is 0.133. The van der Waals surface area contributed by atoms with Gasteiger partial charge in [-0.25, -0.2) is 4.39 Å². The number of nitrogens with one attached hydrogen (secondary N) is 1. The third-order valence-corrected chi connectivity index (χ3v) is 3.47. The van der Waals surface area contributed by atoms with Gasteiger partial charge in [0.05, 0.1) is 6.42 Å². The second kappa shape index (κ2) is 4.75. The Morgan fingerprint density at radius 3 is 2.71 bits per heavy atom. The van der Waals surface area contributed by atoms with E-state index >= 15 is 0 Å². The quantitative estimate of drug-likeness (QED) is 0.841. The molecule has 0 aliphatic carbocycles. The fourth-order valence-corrected chi connectivity index (χ4v) is 2.36. The Balaban J connectivity index is 1.97. The van der Waals surface area contributed by atoms with Gasteiger partial charge in [0.1, 0.15) is 5.82 Å². The van der Waals surface area contributed by atoms with E-state index in [-0.39, 0.29) is 5.56 Å². The molecule has 5 nitrogen and oxygen atoms in total. The number of fused-ring (bicyclic) bond motifs is 1. The molecule has 1 unspecified atom stereocenters. The number of benzene rings is 1. The van der Waals surface area contributed by atoms with Gasteiger partial charge >= 0.3 is 0 Å². The van der Waals surface area contributed by atoms with E-state index in [0.717, 1.165) is 6.07 Å². The van der Waals surface area contributed by atoms with Crippen LogP contribution in [-0.4, -0.2) is 21.8 Å². The third kappa shape index (κ3) is 2.19. The van der Waals surface area contributed by atoms with Gasteiger partial charge < -0.3 is 10.4 Å². The molecule has 2 heterocycles. The number of hydrogen-bond donors (Lipinski definition) is 2. The van der Waals surface area contributed by atoms with Gasteiger partial charge in [0.15, 0.2) is 11.4 Å². The minimum absolute atomic E-state index is 0.0786. The van der Waals surface area contributed by atoms with Gasteiger partial charge in [-0.1, -0.05) is 0 Å². The molecule has 0 saturated heterocycles. The maximum Gasteiger partial charge on any atom is 0.261 e. The number of nitrogens with zero attached hydrogens (tertiary/aromatic N) is 1. The predicted molar refractivity (Wildman–Crippen MR) is 72.1 cm³/mol. The van der Waals surface area contributed by atoms with Crippen molar-refractivity contribution >= 4 is 17.4 Å². The highest BCUT2D eigenvalue weighted by Crippen LogP contribution is 2.39. The topological polar surface area (TPSA) is 79.3 Å². The number of amides is 1. The number of rotatable bonds is 3. The Morgan fingerprint density at radius 2 is 2.00 bits per heavy atom. The van der Waals surface area contributed by atoms with Gasteiger partial charge in [-0.05, 0) is 30.3 Å². The summed E-state index contributed by atoms with van der Waals surface area (Å²) in [7, 11) is 0. The van der Waals surface area contributed by atoms with Gasteiger partial charge in [-0.3, -0.25) is 14.6 Å². The first-order valence-electron chi connectivity index (χ1n) is 6.28. The van der Waals surface area contributed by atoms with Crippen LogP contribution in [0.4, 0.5) is 10.1 Å². The molecule has 3 rings (SSSR count). The average Bonchev–Trinajstić information content (AvgIpc) is 2.72. The van der Waals surface area contributed by atoms with Crippen LogP contribution in [0.2, 0.25) is 0 Å². The maximum absolute atomic E-state index is 13.3. The fourth-order valence-electron chi connectivity index (χ4n) is 2.36. The van der Waals surface area contributed by atoms with Crippen LogP contribution in [0.3, 0.4) is 0 Å². The van der Waals surface area contributed by atoms with E-state index in [2.05, 4.69) is 10.3 Å². The summed E-state index contributed by atoms with van der Waals surface area (Å²) >= 11 is 0. The molecule has 1 aliphatic heterocycles. The zero-order chi connectivity index (χ0) is 15.0. The van der Waals surface area contributed by atoms with Crippen molar-refractivity contribution in [3.8, 4) is 0 Å². The van der Waals surface area contributed by atoms with E-state index in [0.29, 0.717) is 11.3 Å². The summed E-state index contributed by atoms with van der Waals surface area (Å²) in [6.45, 7) is 0. The number of aromatic nitrogens is 1. The van der Waals surface area contributed by atoms with Crippen molar-refractivity contribution in [2.24, 2.45) is 0 Å². The molecule has 1 amide bonds. The van der Waals surface area contributed by atoms with Crippen LogP contribution in [0.15, 0.2) is 42.7 Å². The van der Waals surface area contributed by atoms with Crippen LogP contribution in [0, 0.1) is 5.82 Å². The molecule has 1 aromatic carbocycles. The Morgan fingerprint density at radius 1 is 1.29 bits per heavy atom. The van der Waals surface area contributed by atoms with Crippen molar-refractivity contribution in [1.29, 1.82) is 0 Å². The average molecular weight is 286 g/mol. The van der Waals surface area contributed by atoms with Crippen LogP contribution < -0.4 is 5.32 Å². The second-order valence-corrected chi connectivity index (χ2v) is 4.84. The Bertz CT molecular complexity index is 733. The summed E-state index contributed by atoms with van der Waals surface area (Å²) in [4.78, 5) is 28.0. The number of aliphatic hydroxyl groups is 1. The number of Topliss-reactive ketones (excluding diaryl/α,β-unsaturated/α-hetero) is 1. The van der Waals surface area contributed by atoms with Crippen molar-refractivity contribution < 1.29 is 19.1 Å². The van der Waals surface area contributed by atoms with E-state index in [9.17, 15) is 19.1 Å². The predicted octanol–water partition coefficient (Wildman–Crippen LogP) is 1.63. The molecule has 1 aromatic heterocycles. The highest BCUT2D eigenvalue weighted by atomic mass is 19.1. The van der Waals surface area contributed by atoms with Crippen molar-refractivity contribution in [2.75, 3.05) is 5.32 Å². The van der Waals surface area contributed by atoms with Crippen LogP contribution in [0.5, 0.6) is 0 Å². The molecule has 0 spiro atoms. The first-order valence-corrected chi connectivity index (χ1v) is 6.28. The van der Waals surface area contributed by atoms with E-state index in [1.807, 2.05) is 0 Å². The van der Waals surface area contributed by atoms with E-state index in [4.69, 9.17) is 0 Å². The summed E-state index contributed by atoms with van der Waals surface area (Å²) in [5, 5.41) is 13.0. The van der Waals surface area contributed by atoms with Gasteiger partial charge in [0, 0.05) is 29.2 Å². The number of ketones is 1. The standard InChI is InChI=1S/C15H11FN2O3/c16-10-1-2-12-11(7-10)15(21,14(20)18-12)8-13(19)9-3-5-17-6-4-9/h1-7,21H,8H2,(H,18,20). The maximum atomic E-state index is 13.3. The van der Waals surface area contributed by atoms with Crippen molar-refractivity contribution in [2.45, 2.75) is 12.0 Å². The highest BCUT2D eigenvalue weighted by Gasteiger charge is 2.47. The molecule has 0 saturated carbocycles. The number of halogens is 1. The van der Waals surface area contributed by atoms with E-state index in [1.165, 1.54) is 36.7 Å². The lowest BCUT2D eigenvalue weighted by Crippen LogP contribution is -2.36. The highest BCUT2D eigenvalue weighted by molar-refractivity contribution is 6.09. The van der Waals surface area contributed by atoms with Gasteiger partial charge in [-0.15, -0.1) is 0 Å². The van der Waals surface area contributed by atoms with Crippen LogP contribution in [-0.2, 0) is 10.4 Å². The lowest BCUT2D eigenvalue weighted by atomic mass is 9.88. The lowest BCUT2D eigenvalue weighted by molar-refractivity contribution is -0.133. The molecule has 6 heteroatoms. The molecule has 0 radical (unpaired) electrons. The molecule has 2 aromatic rings. The SMILES string of the molecule is O=C(CC1(O)C(=O)Nc2ccc(F)cc21)c1ccncc1. The number of carbonyl (C=O) groups is 2. The normalized spacial score (nSPS) is 20.0. The summed E-state index contributed by atoms with van der Waals surface area (Å²) in [6.07, 6.45) is 2.43. The van der Waals surface area contributed by atoms with E-state index < -0.39 is 29.5 Å². The molecular formula is C15H11FN2O3. The van der Waals surface area contributed by atoms with Gasteiger partial charge in [0.25, 0.3) is 5.91 Å². The molecule has 21 heavy (non-hydrogen) atoms. The molecule has 106 valence electrons. The summed E-state index contributed by atoms with van der Waals surface area (Å²) in [5.41, 5.74) is -1.34. The largest absolute Gasteiger partial charge is 0.375 e. The molecule has 0 bridgehead atoms. The van der Waals surface area contributed by atoms with Crippen LogP contribution in [0.1, 0.15) is 22.3 Å². The lowest BCUT2D eigenvalue weighted by Gasteiger charge is -2.19. The number of carbonyl (C=O) groups excluding carboxylic acids is 2. The molecule has 0 fully saturated rings. The summed E-state index contributed by atoms with van der Waals surface area (Å²) in [5.74, 6) is -1.74. The Hall–Kier alpha value is -2.60. The first-order chi connectivity index (χ1) is 10.0. The van der Waals surface area contributed by atoms with Crippen molar-refractivity contribution in [1.82, 2.24) is 4.98 Å².